The first-order valence-corrected chi connectivity index (χ1v) is 10.1. The van der Waals surface area contributed by atoms with Crippen molar-refractivity contribution < 1.29 is 0 Å². The molecular formula is C20H22N4S. The highest BCUT2D eigenvalue weighted by molar-refractivity contribution is 7.11. The summed E-state index contributed by atoms with van der Waals surface area (Å²) in [6, 6.07) is 2.34. The fraction of sp³-hybridized carbons (Fsp3) is 0.550. The van der Waals surface area contributed by atoms with Crippen molar-refractivity contribution in [2.24, 2.45) is 24.8 Å². The predicted octanol–water partition coefficient (Wildman–Crippen LogP) is 4.41. The van der Waals surface area contributed by atoms with E-state index in [9.17, 15) is 5.26 Å². The van der Waals surface area contributed by atoms with E-state index in [2.05, 4.69) is 16.5 Å². The van der Waals surface area contributed by atoms with Gasteiger partial charge >= 0.3 is 0 Å². The summed E-state index contributed by atoms with van der Waals surface area (Å²) in [6.07, 6.45) is 13.9. The third-order valence-corrected chi connectivity index (χ3v) is 7.35. The minimum atomic E-state index is 0.304. The molecule has 4 aliphatic rings. The van der Waals surface area contributed by atoms with E-state index in [1.807, 2.05) is 19.3 Å². The van der Waals surface area contributed by atoms with Gasteiger partial charge in [0.1, 0.15) is 11.1 Å². The van der Waals surface area contributed by atoms with Crippen LogP contribution in [0.25, 0.3) is 11.6 Å². The standard InChI is InChI=1S/C20H22N4S/c1-24-11-16(10-22-24)5-17(9-21)19-23-18(12-25-19)20-6-13-2-14(7-20)4-15(3-13)8-20/h5,10-15H,2-4,6-8H2,1H3. The summed E-state index contributed by atoms with van der Waals surface area (Å²) in [4.78, 5) is 4.97. The summed E-state index contributed by atoms with van der Waals surface area (Å²) in [5, 5.41) is 16.9. The largest absolute Gasteiger partial charge is 0.275 e. The highest BCUT2D eigenvalue weighted by Gasteiger charge is 2.52. The highest BCUT2D eigenvalue weighted by atomic mass is 32.1. The van der Waals surface area contributed by atoms with Crippen molar-refractivity contribution in [2.45, 2.75) is 43.9 Å². The Labute approximate surface area is 152 Å². The molecule has 2 aromatic heterocycles. The maximum atomic E-state index is 9.61. The first kappa shape index (κ1) is 15.3. The van der Waals surface area contributed by atoms with Crippen LogP contribution in [0, 0.1) is 29.1 Å². The number of nitrogens with zero attached hydrogens (tertiary/aromatic N) is 4. The smallest absolute Gasteiger partial charge is 0.134 e. The van der Waals surface area contributed by atoms with Gasteiger partial charge in [0.15, 0.2) is 0 Å². The first-order chi connectivity index (χ1) is 12.1. The topological polar surface area (TPSA) is 54.5 Å². The van der Waals surface area contributed by atoms with Crippen molar-refractivity contribution in [1.29, 1.82) is 5.26 Å². The quantitative estimate of drug-likeness (QED) is 0.771. The molecular weight excluding hydrogens is 328 g/mol. The van der Waals surface area contributed by atoms with Crippen LogP contribution in [-0.4, -0.2) is 14.8 Å². The van der Waals surface area contributed by atoms with Crippen LogP contribution >= 0.6 is 11.3 Å². The normalized spacial score (nSPS) is 33.6. The number of allylic oxidation sites excluding steroid dienone is 1. The van der Waals surface area contributed by atoms with E-state index < -0.39 is 0 Å². The number of thiazole rings is 1. The molecule has 0 atom stereocenters. The SMILES string of the molecule is Cn1cc(C=C(C#N)c2nc(C34CC5CC(CC(C5)C3)C4)cs2)cn1. The van der Waals surface area contributed by atoms with Gasteiger partial charge in [-0.3, -0.25) is 4.68 Å². The molecule has 4 bridgehead atoms. The first-order valence-electron chi connectivity index (χ1n) is 9.20. The number of hydrogen-bond donors (Lipinski definition) is 0. The van der Waals surface area contributed by atoms with Crippen LogP contribution in [0.15, 0.2) is 17.8 Å². The number of hydrogen-bond acceptors (Lipinski definition) is 4. The van der Waals surface area contributed by atoms with E-state index in [4.69, 9.17) is 4.98 Å². The van der Waals surface area contributed by atoms with Crippen LogP contribution in [0.2, 0.25) is 0 Å². The zero-order valence-corrected chi connectivity index (χ0v) is 15.3. The Morgan fingerprint density at radius 3 is 2.52 bits per heavy atom. The molecule has 6 rings (SSSR count). The Morgan fingerprint density at radius 1 is 1.28 bits per heavy atom. The van der Waals surface area contributed by atoms with Gasteiger partial charge in [-0.05, 0) is 62.4 Å². The summed E-state index contributed by atoms with van der Waals surface area (Å²) in [5.41, 5.74) is 3.16. The molecule has 4 nitrogen and oxygen atoms in total. The Hall–Kier alpha value is -1.93. The van der Waals surface area contributed by atoms with Crippen molar-refractivity contribution >= 4 is 23.0 Å². The van der Waals surface area contributed by atoms with Gasteiger partial charge in [0, 0.05) is 29.6 Å². The lowest BCUT2D eigenvalue weighted by Crippen LogP contribution is -2.48. The van der Waals surface area contributed by atoms with E-state index >= 15 is 0 Å². The fourth-order valence-electron chi connectivity index (χ4n) is 5.89. The second-order valence-corrected chi connectivity index (χ2v) is 9.21. The average molecular weight is 350 g/mol. The molecule has 4 aliphatic carbocycles. The van der Waals surface area contributed by atoms with E-state index in [0.29, 0.717) is 11.0 Å². The lowest BCUT2D eigenvalue weighted by molar-refractivity contribution is -0.00694. The van der Waals surface area contributed by atoms with Gasteiger partial charge in [0.25, 0.3) is 0 Å². The average Bonchev–Trinajstić information content (AvgIpc) is 3.21. The van der Waals surface area contributed by atoms with Crippen molar-refractivity contribution in [2.75, 3.05) is 0 Å². The molecule has 0 saturated heterocycles. The Bertz CT molecular complexity index is 846. The van der Waals surface area contributed by atoms with E-state index in [1.165, 1.54) is 44.2 Å². The van der Waals surface area contributed by atoms with Gasteiger partial charge in [-0.1, -0.05) is 0 Å². The second-order valence-electron chi connectivity index (χ2n) is 8.35. The molecule has 0 aliphatic heterocycles. The lowest BCUT2D eigenvalue weighted by atomic mass is 9.49. The molecule has 2 aromatic rings. The van der Waals surface area contributed by atoms with Crippen LogP contribution in [0.3, 0.4) is 0 Å². The van der Waals surface area contributed by atoms with E-state index in [0.717, 1.165) is 28.3 Å². The maximum absolute atomic E-state index is 9.61. The Kier molecular flexibility index (Phi) is 3.40. The molecule has 128 valence electrons. The molecule has 4 saturated carbocycles. The third kappa shape index (κ3) is 2.55. The van der Waals surface area contributed by atoms with Gasteiger partial charge in [-0.25, -0.2) is 4.98 Å². The van der Waals surface area contributed by atoms with Crippen molar-refractivity contribution in [1.82, 2.24) is 14.8 Å². The fourth-order valence-corrected chi connectivity index (χ4v) is 6.80. The van der Waals surface area contributed by atoms with Gasteiger partial charge in [0.2, 0.25) is 0 Å². The maximum Gasteiger partial charge on any atom is 0.134 e. The van der Waals surface area contributed by atoms with Crippen LogP contribution in [-0.2, 0) is 12.5 Å². The summed E-state index contributed by atoms with van der Waals surface area (Å²) < 4.78 is 1.75. The zero-order valence-electron chi connectivity index (χ0n) is 14.5. The van der Waals surface area contributed by atoms with Crippen molar-refractivity contribution in [3.05, 3.63) is 34.0 Å². The van der Waals surface area contributed by atoms with Gasteiger partial charge in [-0.2, -0.15) is 10.4 Å². The number of aryl methyl sites for hydroxylation is 1. The molecule has 0 radical (unpaired) electrons. The van der Waals surface area contributed by atoms with E-state index in [1.54, 1.807) is 22.2 Å². The van der Waals surface area contributed by atoms with Crippen LogP contribution < -0.4 is 0 Å². The number of rotatable bonds is 3. The lowest BCUT2D eigenvalue weighted by Gasteiger charge is -2.56. The second kappa shape index (κ2) is 5.54. The monoisotopic (exact) mass is 350 g/mol. The molecule has 0 unspecified atom stereocenters. The minimum Gasteiger partial charge on any atom is -0.275 e. The summed E-state index contributed by atoms with van der Waals surface area (Å²) in [7, 11) is 1.89. The van der Waals surface area contributed by atoms with Crippen molar-refractivity contribution in [3.63, 3.8) is 0 Å². The molecule has 25 heavy (non-hydrogen) atoms. The number of aromatic nitrogens is 3. The number of nitriles is 1. The van der Waals surface area contributed by atoms with Crippen LogP contribution in [0.4, 0.5) is 0 Å². The predicted molar refractivity (Wildman–Crippen MR) is 98.7 cm³/mol. The van der Waals surface area contributed by atoms with E-state index in [-0.39, 0.29) is 0 Å². The molecule has 0 amide bonds. The Balaban J connectivity index is 1.47. The summed E-state index contributed by atoms with van der Waals surface area (Å²) in [6.45, 7) is 0. The highest BCUT2D eigenvalue weighted by Crippen LogP contribution is 2.60. The molecule has 0 aromatic carbocycles. The molecule has 4 fully saturated rings. The summed E-state index contributed by atoms with van der Waals surface area (Å²) >= 11 is 1.63. The molecule has 0 N–H and O–H groups in total. The zero-order chi connectivity index (χ0) is 17.0. The third-order valence-electron chi connectivity index (χ3n) is 6.47. The molecule has 0 spiro atoms. The molecule has 5 heteroatoms. The van der Waals surface area contributed by atoms with Gasteiger partial charge in [0.05, 0.1) is 17.5 Å². The van der Waals surface area contributed by atoms with Gasteiger partial charge in [-0.15, -0.1) is 11.3 Å². The van der Waals surface area contributed by atoms with Crippen LogP contribution in [0.5, 0.6) is 0 Å². The Morgan fingerprint density at radius 2 is 1.96 bits per heavy atom. The van der Waals surface area contributed by atoms with Crippen molar-refractivity contribution in [3.8, 4) is 6.07 Å². The van der Waals surface area contributed by atoms with Crippen LogP contribution in [0.1, 0.15) is 54.8 Å². The summed E-state index contributed by atoms with van der Waals surface area (Å²) in [5.74, 6) is 2.74. The molecule has 2 heterocycles. The minimum absolute atomic E-state index is 0.304. The van der Waals surface area contributed by atoms with Gasteiger partial charge < -0.3 is 0 Å².